The summed E-state index contributed by atoms with van der Waals surface area (Å²) in [5, 5.41) is 0. The lowest BCUT2D eigenvalue weighted by Crippen LogP contribution is -2.09. The van der Waals surface area contributed by atoms with Crippen LogP contribution in [0.5, 0.6) is 0 Å². The molecule has 2 N–H and O–H groups in total. The van der Waals surface area contributed by atoms with E-state index in [0.29, 0.717) is 12.8 Å². The molecular formula is C10H19O4P. The molecule has 0 heterocycles. The molecule has 0 amide bonds. The molecule has 5 heteroatoms. The second kappa shape index (κ2) is 7.83. The molecule has 1 unspecified atom stereocenters. The van der Waals surface area contributed by atoms with Crippen molar-refractivity contribution in [1.82, 2.24) is 0 Å². The molecule has 0 aliphatic heterocycles. The molecule has 88 valence electrons. The van der Waals surface area contributed by atoms with Gasteiger partial charge in [-0.25, -0.2) is 4.57 Å². The lowest BCUT2D eigenvalue weighted by atomic mass is 10.1. The summed E-state index contributed by atoms with van der Waals surface area (Å²) >= 11 is 0. The van der Waals surface area contributed by atoms with Gasteiger partial charge in [0.2, 0.25) is 0 Å². The highest BCUT2D eigenvalue weighted by atomic mass is 31.2. The first-order chi connectivity index (χ1) is 6.99. The van der Waals surface area contributed by atoms with Gasteiger partial charge in [0.1, 0.15) is 0 Å². The maximum Gasteiger partial charge on any atom is 0.469 e. The molecule has 0 radical (unpaired) electrons. The fourth-order valence-corrected chi connectivity index (χ4v) is 1.72. The summed E-state index contributed by atoms with van der Waals surface area (Å²) in [6.07, 6.45) is 9.02. The van der Waals surface area contributed by atoms with Crippen molar-refractivity contribution >= 4 is 7.82 Å². The highest BCUT2D eigenvalue weighted by Gasteiger charge is 2.20. The molecule has 0 bridgehead atoms. The normalized spacial score (nSPS) is 15.2. The zero-order valence-electron chi connectivity index (χ0n) is 9.17. The van der Waals surface area contributed by atoms with Crippen LogP contribution in [-0.4, -0.2) is 15.9 Å². The Labute approximate surface area is 90.9 Å². The van der Waals surface area contributed by atoms with Crippen molar-refractivity contribution in [2.45, 2.75) is 39.2 Å². The lowest BCUT2D eigenvalue weighted by molar-refractivity contribution is 0.129. The lowest BCUT2D eigenvalue weighted by Gasteiger charge is -2.15. The topological polar surface area (TPSA) is 66.8 Å². The fraction of sp³-hybridized carbons (Fsp3) is 0.600. The van der Waals surface area contributed by atoms with E-state index in [1.54, 1.807) is 0 Å². The maximum absolute atomic E-state index is 10.7. The molecule has 0 rings (SSSR count). The number of phosphoric acid groups is 1. The highest BCUT2D eigenvalue weighted by Crippen LogP contribution is 2.39. The average Bonchev–Trinajstić information content (AvgIpc) is 2.12. The van der Waals surface area contributed by atoms with Gasteiger partial charge in [-0.15, -0.1) is 0 Å². The Balaban J connectivity index is 4.12. The van der Waals surface area contributed by atoms with Crippen LogP contribution < -0.4 is 0 Å². The third-order valence-corrected chi connectivity index (χ3v) is 2.38. The Hall–Kier alpha value is -0.410. The van der Waals surface area contributed by atoms with Gasteiger partial charge in [0.05, 0.1) is 6.10 Å². The van der Waals surface area contributed by atoms with Gasteiger partial charge in [-0.3, -0.25) is 4.52 Å². The Kier molecular flexibility index (Phi) is 7.61. The minimum Gasteiger partial charge on any atom is -0.303 e. The summed E-state index contributed by atoms with van der Waals surface area (Å²) in [5.74, 6) is 0. The molecule has 0 fully saturated rings. The summed E-state index contributed by atoms with van der Waals surface area (Å²) < 4.78 is 15.3. The minimum atomic E-state index is -4.37. The number of allylic oxidation sites excluding steroid dienone is 3. The van der Waals surface area contributed by atoms with E-state index in [1.165, 1.54) is 0 Å². The molecule has 0 aromatic rings. The van der Waals surface area contributed by atoms with E-state index in [9.17, 15) is 4.57 Å². The third kappa shape index (κ3) is 9.88. The number of hydrogen-bond donors (Lipinski definition) is 2. The van der Waals surface area contributed by atoms with Gasteiger partial charge in [0.15, 0.2) is 0 Å². The maximum atomic E-state index is 10.7. The quantitative estimate of drug-likeness (QED) is 0.525. The van der Waals surface area contributed by atoms with Gasteiger partial charge in [0, 0.05) is 0 Å². The predicted octanol–water partition coefficient (Wildman–Crippen LogP) is 2.79. The first-order valence-electron chi connectivity index (χ1n) is 4.96. The van der Waals surface area contributed by atoms with Crippen molar-refractivity contribution in [2.24, 2.45) is 0 Å². The summed E-state index contributed by atoms with van der Waals surface area (Å²) in [5.41, 5.74) is 0. The van der Waals surface area contributed by atoms with Crippen molar-refractivity contribution in [1.29, 1.82) is 0 Å². The first-order valence-corrected chi connectivity index (χ1v) is 6.49. The van der Waals surface area contributed by atoms with Crippen LogP contribution in [-0.2, 0) is 9.09 Å². The van der Waals surface area contributed by atoms with Crippen LogP contribution in [0.1, 0.15) is 33.1 Å². The van der Waals surface area contributed by atoms with Crippen LogP contribution in [0.25, 0.3) is 0 Å². The summed E-state index contributed by atoms with van der Waals surface area (Å²) in [6.45, 7) is 3.77. The van der Waals surface area contributed by atoms with Crippen LogP contribution in [0.15, 0.2) is 24.3 Å². The average molecular weight is 234 g/mol. The highest BCUT2D eigenvalue weighted by molar-refractivity contribution is 7.46. The summed E-state index contributed by atoms with van der Waals surface area (Å²) in [7, 11) is -4.37. The third-order valence-electron chi connectivity index (χ3n) is 1.81. The monoisotopic (exact) mass is 234 g/mol. The molecule has 0 spiro atoms. The van der Waals surface area contributed by atoms with E-state index >= 15 is 0 Å². The van der Waals surface area contributed by atoms with Crippen LogP contribution in [0, 0.1) is 0 Å². The van der Waals surface area contributed by atoms with Gasteiger partial charge in [-0.1, -0.05) is 24.3 Å². The number of hydrogen-bond acceptors (Lipinski definition) is 2. The second-order valence-electron chi connectivity index (χ2n) is 3.17. The Morgan fingerprint density at radius 2 is 1.87 bits per heavy atom. The van der Waals surface area contributed by atoms with Gasteiger partial charge in [-0.2, -0.15) is 0 Å². The van der Waals surface area contributed by atoms with Crippen molar-refractivity contribution in [3.63, 3.8) is 0 Å². The zero-order valence-corrected chi connectivity index (χ0v) is 10.1. The second-order valence-corrected chi connectivity index (χ2v) is 4.36. The summed E-state index contributed by atoms with van der Waals surface area (Å²) in [6, 6.07) is 0. The Bertz CT molecular complexity index is 254. The minimum absolute atomic E-state index is 0.418. The van der Waals surface area contributed by atoms with Gasteiger partial charge >= 0.3 is 7.82 Å². The van der Waals surface area contributed by atoms with Crippen LogP contribution >= 0.6 is 7.82 Å². The molecule has 15 heavy (non-hydrogen) atoms. The van der Waals surface area contributed by atoms with Gasteiger partial charge in [0.25, 0.3) is 0 Å². The molecule has 0 saturated heterocycles. The van der Waals surface area contributed by atoms with Crippen molar-refractivity contribution < 1.29 is 18.9 Å². The van der Waals surface area contributed by atoms with Crippen molar-refractivity contribution in [3.8, 4) is 0 Å². The SMILES string of the molecule is CC=CCCC(CC=CC)OP(=O)(O)O. The molecular weight excluding hydrogens is 215 g/mol. The van der Waals surface area contributed by atoms with Gasteiger partial charge in [-0.05, 0) is 33.1 Å². The molecule has 0 aromatic heterocycles. The van der Waals surface area contributed by atoms with Crippen molar-refractivity contribution in [2.75, 3.05) is 0 Å². The molecule has 0 aromatic carbocycles. The van der Waals surface area contributed by atoms with Crippen LogP contribution in [0.3, 0.4) is 0 Å². The van der Waals surface area contributed by atoms with E-state index in [-0.39, 0.29) is 0 Å². The molecule has 1 atom stereocenters. The van der Waals surface area contributed by atoms with E-state index in [4.69, 9.17) is 9.79 Å². The van der Waals surface area contributed by atoms with Crippen LogP contribution in [0.4, 0.5) is 0 Å². The standard InChI is InChI=1S/C10H19O4P/c1-3-5-7-9-10(8-6-4-2)14-15(11,12)13/h3-6,10H,7-9H2,1-2H3,(H2,11,12,13). The number of rotatable bonds is 7. The number of phosphoric ester groups is 1. The molecule has 4 nitrogen and oxygen atoms in total. The van der Waals surface area contributed by atoms with E-state index < -0.39 is 13.9 Å². The van der Waals surface area contributed by atoms with E-state index in [0.717, 1.165) is 6.42 Å². The Morgan fingerprint density at radius 1 is 1.27 bits per heavy atom. The van der Waals surface area contributed by atoms with Crippen LogP contribution in [0.2, 0.25) is 0 Å². The molecule has 0 aliphatic rings. The smallest absolute Gasteiger partial charge is 0.303 e. The largest absolute Gasteiger partial charge is 0.469 e. The van der Waals surface area contributed by atoms with E-state index in [2.05, 4.69) is 4.52 Å². The molecule has 0 saturated carbocycles. The zero-order chi connectivity index (χ0) is 11.7. The molecule has 0 aliphatic carbocycles. The van der Waals surface area contributed by atoms with E-state index in [1.807, 2.05) is 38.2 Å². The predicted molar refractivity (Wildman–Crippen MR) is 60.4 cm³/mol. The summed E-state index contributed by atoms with van der Waals surface area (Å²) in [4.78, 5) is 17.4. The fourth-order valence-electron chi connectivity index (χ4n) is 1.14. The first kappa shape index (κ1) is 14.6. The Morgan fingerprint density at radius 3 is 2.33 bits per heavy atom. The van der Waals surface area contributed by atoms with Gasteiger partial charge < -0.3 is 9.79 Å². The van der Waals surface area contributed by atoms with Crippen molar-refractivity contribution in [3.05, 3.63) is 24.3 Å².